The number of nitriles is 1. The van der Waals surface area contributed by atoms with E-state index in [1.807, 2.05) is 18.2 Å². The van der Waals surface area contributed by atoms with E-state index in [0.29, 0.717) is 5.92 Å². The van der Waals surface area contributed by atoms with Crippen LogP contribution >= 0.6 is 0 Å². The molecule has 102 valence electrons. The van der Waals surface area contributed by atoms with Crippen LogP contribution in [0.15, 0.2) is 24.3 Å². The highest BCUT2D eigenvalue weighted by Gasteiger charge is 2.20. The van der Waals surface area contributed by atoms with Crippen molar-refractivity contribution in [3.63, 3.8) is 0 Å². The largest absolute Gasteiger partial charge is 0.496 e. The van der Waals surface area contributed by atoms with Crippen molar-refractivity contribution in [2.45, 2.75) is 40.0 Å². The number of allylic oxidation sites excluding steroid dienone is 2. The lowest BCUT2D eigenvalue weighted by Gasteiger charge is -2.23. The first kappa shape index (κ1) is 15.3. The van der Waals surface area contributed by atoms with Crippen LogP contribution in [-0.4, -0.2) is 7.11 Å². The molecule has 1 aromatic carbocycles. The first-order chi connectivity index (χ1) is 8.79. The summed E-state index contributed by atoms with van der Waals surface area (Å²) in [6.07, 6.45) is 1.99. The van der Waals surface area contributed by atoms with Crippen LogP contribution in [0, 0.1) is 17.2 Å². The minimum Gasteiger partial charge on any atom is -0.496 e. The molecule has 0 spiro atoms. The van der Waals surface area contributed by atoms with Crippen molar-refractivity contribution in [2.75, 3.05) is 7.11 Å². The fraction of sp³-hybridized carbons (Fsp3) is 0.471. The molecule has 2 heteroatoms. The summed E-state index contributed by atoms with van der Waals surface area (Å²) >= 11 is 0. The molecule has 1 rings (SSSR count). The second-order valence-corrected chi connectivity index (χ2v) is 6.10. The molecular formula is C17H23NO. The van der Waals surface area contributed by atoms with Crippen molar-refractivity contribution >= 4 is 5.57 Å². The molecule has 2 nitrogen and oxygen atoms in total. The maximum absolute atomic E-state index is 9.30. The van der Waals surface area contributed by atoms with Gasteiger partial charge in [-0.05, 0) is 35.1 Å². The molecule has 1 aromatic rings. The molecule has 0 amide bonds. The lowest BCUT2D eigenvalue weighted by atomic mass is 9.84. The number of methoxy groups -OCH3 is 1. The van der Waals surface area contributed by atoms with Crippen LogP contribution in [0.25, 0.3) is 5.57 Å². The molecular weight excluding hydrogens is 234 g/mol. The van der Waals surface area contributed by atoms with E-state index in [-0.39, 0.29) is 5.41 Å². The van der Waals surface area contributed by atoms with Gasteiger partial charge < -0.3 is 4.74 Å². The first-order valence-corrected chi connectivity index (χ1v) is 6.60. The highest BCUT2D eigenvalue weighted by atomic mass is 16.5. The Balaban J connectivity index is 3.38. The number of ether oxygens (including phenoxy) is 1. The van der Waals surface area contributed by atoms with Crippen LogP contribution in [-0.2, 0) is 5.41 Å². The van der Waals surface area contributed by atoms with Gasteiger partial charge in [-0.3, -0.25) is 0 Å². The average molecular weight is 257 g/mol. The third-order valence-corrected chi connectivity index (χ3v) is 2.94. The summed E-state index contributed by atoms with van der Waals surface area (Å²) in [5.41, 5.74) is 2.79. The van der Waals surface area contributed by atoms with Gasteiger partial charge in [0.05, 0.1) is 18.8 Å². The summed E-state index contributed by atoms with van der Waals surface area (Å²) in [6.45, 7) is 10.6. The molecule has 0 aliphatic rings. The van der Waals surface area contributed by atoms with E-state index >= 15 is 0 Å². The molecule has 0 fully saturated rings. The molecule has 0 heterocycles. The Morgan fingerprint density at radius 1 is 1.32 bits per heavy atom. The Hall–Kier alpha value is -1.75. The van der Waals surface area contributed by atoms with Gasteiger partial charge in [0.1, 0.15) is 5.75 Å². The summed E-state index contributed by atoms with van der Waals surface area (Å²) in [5, 5.41) is 9.30. The van der Waals surface area contributed by atoms with Gasteiger partial charge in [-0.1, -0.05) is 40.7 Å². The first-order valence-electron chi connectivity index (χ1n) is 6.60. The predicted molar refractivity (Wildman–Crippen MR) is 80.1 cm³/mol. The summed E-state index contributed by atoms with van der Waals surface area (Å²) < 4.78 is 5.42. The lowest BCUT2D eigenvalue weighted by Crippen LogP contribution is -2.13. The fourth-order valence-corrected chi connectivity index (χ4v) is 1.99. The number of hydrogen-bond donors (Lipinski definition) is 0. The topological polar surface area (TPSA) is 33.0 Å². The van der Waals surface area contributed by atoms with Crippen LogP contribution in [0.3, 0.4) is 0 Å². The Morgan fingerprint density at radius 3 is 2.37 bits per heavy atom. The molecule has 0 aliphatic carbocycles. The SMILES string of the molecule is COc1ccc(/C(C#N)=C/C(C)C)cc1C(C)(C)C. The second-order valence-electron chi connectivity index (χ2n) is 6.10. The molecule has 19 heavy (non-hydrogen) atoms. The normalized spacial score (nSPS) is 12.4. The summed E-state index contributed by atoms with van der Waals surface area (Å²) in [5.74, 6) is 1.23. The summed E-state index contributed by atoms with van der Waals surface area (Å²) in [6, 6.07) is 8.25. The van der Waals surface area contributed by atoms with E-state index in [2.05, 4.69) is 46.8 Å². The Morgan fingerprint density at radius 2 is 1.95 bits per heavy atom. The van der Waals surface area contributed by atoms with Crippen LogP contribution in [0.5, 0.6) is 5.75 Å². The van der Waals surface area contributed by atoms with Crippen LogP contribution in [0.2, 0.25) is 0 Å². The zero-order valence-electron chi connectivity index (χ0n) is 12.7. The fourth-order valence-electron chi connectivity index (χ4n) is 1.99. The highest BCUT2D eigenvalue weighted by molar-refractivity contribution is 5.77. The summed E-state index contributed by atoms with van der Waals surface area (Å²) in [4.78, 5) is 0. The van der Waals surface area contributed by atoms with Crippen molar-refractivity contribution in [3.05, 3.63) is 35.4 Å². The quantitative estimate of drug-likeness (QED) is 0.744. The van der Waals surface area contributed by atoms with Crippen LogP contribution < -0.4 is 4.74 Å². The predicted octanol–water partition coefficient (Wildman–Crippen LogP) is 4.56. The Bertz CT molecular complexity index is 513. The van der Waals surface area contributed by atoms with E-state index in [4.69, 9.17) is 4.74 Å². The van der Waals surface area contributed by atoms with E-state index in [0.717, 1.165) is 22.4 Å². The van der Waals surface area contributed by atoms with E-state index in [1.165, 1.54) is 0 Å². The van der Waals surface area contributed by atoms with Gasteiger partial charge in [-0.15, -0.1) is 0 Å². The number of hydrogen-bond acceptors (Lipinski definition) is 2. The van der Waals surface area contributed by atoms with E-state index in [9.17, 15) is 5.26 Å². The lowest BCUT2D eigenvalue weighted by molar-refractivity contribution is 0.397. The molecule has 0 saturated heterocycles. The third kappa shape index (κ3) is 3.86. The monoisotopic (exact) mass is 257 g/mol. The molecule has 0 aromatic heterocycles. The van der Waals surface area contributed by atoms with Gasteiger partial charge in [0, 0.05) is 5.56 Å². The van der Waals surface area contributed by atoms with Crippen LogP contribution in [0.1, 0.15) is 45.7 Å². The minimum absolute atomic E-state index is 0.0141. The van der Waals surface area contributed by atoms with Gasteiger partial charge in [0.2, 0.25) is 0 Å². The van der Waals surface area contributed by atoms with Gasteiger partial charge in [0.15, 0.2) is 0 Å². The minimum atomic E-state index is -0.0141. The zero-order valence-corrected chi connectivity index (χ0v) is 12.7. The van der Waals surface area contributed by atoms with Gasteiger partial charge in [0.25, 0.3) is 0 Å². The Kier molecular flexibility index (Phi) is 4.78. The third-order valence-electron chi connectivity index (χ3n) is 2.94. The van der Waals surface area contributed by atoms with Crippen LogP contribution in [0.4, 0.5) is 0 Å². The average Bonchev–Trinajstić information content (AvgIpc) is 2.34. The number of rotatable bonds is 3. The van der Waals surface area contributed by atoms with Crippen molar-refractivity contribution in [3.8, 4) is 11.8 Å². The maximum atomic E-state index is 9.30. The molecule has 0 saturated carbocycles. The van der Waals surface area contributed by atoms with Crippen molar-refractivity contribution in [1.82, 2.24) is 0 Å². The van der Waals surface area contributed by atoms with E-state index < -0.39 is 0 Å². The van der Waals surface area contributed by atoms with Crippen molar-refractivity contribution < 1.29 is 4.74 Å². The second kappa shape index (κ2) is 5.93. The standard InChI is InChI=1S/C17H23NO/c1-12(2)9-14(11-18)13-7-8-16(19-6)15(10-13)17(3,4)5/h7-10,12H,1-6H3/b14-9+. The molecule has 0 unspecified atom stereocenters. The molecule has 0 bridgehead atoms. The smallest absolute Gasteiger partial charge is 0.122 e. The number of nitrogens with zero attached hydrogens (tertiary/aromatic N) is 1. The maximum Gasteiger partial charge on any atom is 0.122 e. The van der Waals surface area contributed by atoms with Crippen molar-refractivity contribution in [1.29, 1.82) is 5.26 Å². The van der Waals surface area contributed by atoms with Gasteiger partial charge >= 0.3 is 0 Å². The molecule has 0 aliphatic heterocycles. The molecule has 0 N–H and O–H groups in total. The number of benzene rings is 1. The zero-order chi connectivity index (χ0) is 14.6. The van der Waals surface area contributed by atoms with E-state index in [1.54, 1.807) is 7.11 Å². The molecule has 0 radical (unpaired) electrons. The summed E-state index contributed by atoms with van der Waals surface area (Å²) in [7, 11) is 1.68. The Labute approximate surface area is 116 Å². The molecule has 0 atom stereocenters. The van der Waals surface area contributed by atoms with Gasteiger partial charge in [-0.25, -0.2) is 0 Å². The van der Waals surface area contributed by atoms with Crippen molar-refractivity contribution in [2.24, 2.45) is 5.92 Å². The highest BCUT2D eigenvalue weighted by Crippen LogP contribution is 2.33. The van der Waals surface area contributed by atoms with Gasteiger partial charge in [-0.2, -0.15) is 5.26 Å².